The first kappa shape index (κ1) is 17.9. The minimum absolute atomic E-state index is 0.407. The Balaban J connectivity index is 1.62. The molecule has 0 spiro atoms. The molecule has 0 atom stereocenters. The summed E-state index contributed by atoms with van der Waals surface area (Å²) in [5.41, 5.74) is 3.74. The number of hydrogen-bond acceptors (Lipinski definition) is 5. The van der Waals surface area contributed by atoms with E-state index < -0.39 is 0 Å². The standard InChI is InChI=1S/C20H14Cl2N4S/c1-12-23-18(22)10-19(24-12)25-14-6-4-5-13(9-14)17-11-27-20(26-17)15-7-2-3-8-16(15)21/h2-11H,1H3,(H,23,24,25). The van der Waals surface area contributed by atoms with E-state index in [0.717, 1.165) is 27.5 Å². The van der Waals surface area contributed by atoms with E-state index in [1.807, 2.05) is 53.9 Å². The number of nitrogens with one attached hydrogen (secondary N) is 1. The van der Waals surface area contributed by atoms with Crippen LogP contribution in [0.2, 0.25) is 10.2 Å². The largest absolute Gasteiger partial charge is 0.340 e. The summed E-state index contributed by atoms with van der Waals surface area (Å²) in [6.07, 6.45) is 0. The number of thiazole rings is 1. The first-order chi connectivity index (χ1) is 13.1. The van der Waals surface area contributed by atoms with E-state index in [0.29, 0.717) is 21.8 Å². The maximum atomic E-state index is 6.29. The summed E-state index contributed by atoms with van der Waals surface area (Å²) in [4.78, 5) is 13.2. The Morgan fingerprint density at radius 1 is 0.926 bits per heavy atom. The minimum atomic E-state index is 0.407. The molecule has 134 valence electrons. The zero-order chi connectivity index (χ0) is 18.8. The SMILES string of the molecule is Cc1nc(Cl)cc(Nc2cccc(-c3csc(-c4ccccc4Cl)n3)c2)n1. The van der Waals surface area contributed by atoms with Crippen molar-refractivity contribution < 1.29 is 0 Å². The quantitative estimate of drug-likeness (QED) is 0.382. The monoisotopic (exact) mass is 412 g/mol. The molecule has 0 saturated carbocycles. The van der Waals surface area contributed by atoms with Gasteiger partial charge in [-0.3, -0.25) is 0 Å². The van der Waals surface area contributed by atoms with Crippen LogP contribution in [0.5, 0.6) is 0 Å². The Morgan fingerprint density at radius 3 is 2.59 bits per heavy atom. The van der Waals surface area contributed by atoms with Gasteiger partial charge in [0.25, 0.3) is 0 Å². The van der Waals surface area contributed by atoms with Crippen LogP contribution in [0.4, 0.5) is 11.5 Å². The molecule has 27 heavy (non-hydrogen) atoms. The first-order valence-corrected chi connectivity index (χ1v) is 9.81. The van der Waals surface area contributed by atoms with Crippen molar-refractivity contribution in [1.29, 1.82) is 0 Å². The number of benzene rings is 2. The van der Waals surface area contributed by atoms with Crippen molar-refractivity contribution in [3.05, 3.63) is 76.0 Å². The van der Waals surface area contributed by atoms with Crippen molar-refractivity contribution in [2.75, 3.05) is 5.32 Å². The molecule has 2 aromatic carbocycles. The smallest absolute Gasteiger partial charge is 0.135 e. The van der Waals surface area contributed by atoms with Crippen LogP contribution in [0.25, 0.3) is 21.8 Å². The number of halogens is 2. The van der Waals surface area contributed by atoms with Gasteiger partial charge >= 0.3 is 0 Å². The number of rotatable bonds is 4. The van der Waals surface area contributed by atoms with Crippen LogP contribution in [0.1, 0.15) is 5.82 Å². The third kappa shape index (κ3) is 4.11. The summed E-state index contributed by atoms with van der Waals surface area (Å²) >= 11 is 13.9. The van der Waals surface area contributed by atoms with E-state index in [1.165, 1.54) is 0 Å². The molecule has 0 unspecified atom stereocenters. The van der Waals surface area contributed by atoms with Gasteiger partial charge in [0.2, 0.25) is 0 Å². The van der Waals surface area contributed by atoms with Crippen molar-refractivity contribution >= 4 is 46.0 Å². The lowest BCUT2D eigenvalue weighted by molar-refractivity contribution is 1.06. The topological polar surface area (TPSA) is 50.7 Å². The van der Waals surface area contributed by atoms with Crippen LogP contribution in [0.3, 0.4) is 0 Å². The number of hydrogen-bond donors (Lipinski definition) is 1. The molecular weight excluding hydrogens is 399 g/mol. The van der Waals surface area contributed by atoms with Gasteiger partial charge in [0.05, 0.1) is 10.7 Å². The van der Waals surface area contributed by atoms with Crippen LogP contribution >= 0.6 is 34.5 Å². The Hall–Kier alpha value is -2.47. The molecule has 0 aliphatic rings. The highest BCUT2D eigenvalue weighted by molar-refractivity contribution is 7.13. The Morgan fingerprint density at radius 2 is 1.78 bits per heavy atom. The number of aryl methyl sites for hydroxylation is 1. The van der Waals surface area contributed by atoms with Crippen molar-refractivity contribution in [3.8, 4) is 21.8 Å². The molecule has 0 aliphatic heterocycles. The van der Waals surface area contributed by atoms with E-state index >= 15 is 0 Å². The van der Waals surface area contributed by atoms with E-state index in [9.17, 15) is 0 Å². The van der Waals surface area contributed by atoms with E-state index in [4.69, 9.17) is 28.2 Å². The molecular formula is C20H14Cl2N4S. The van der Waals surface area contributed by atoms with Crippen LogP contribution in [-0.2, 0) is 0 Å². The fourth-order valence-electron chi connectivity index (χ4n) is 2.66. The van der Waals surface area contributed by atoms with E-state index in [2.05, 4.69) is 15.3 Å². The van der Waals surface area contributed by atoms with Gasteiger partial charge in [-0.2, -0.15) is 0 Å². The number of aromatic nitrogens is 3. The molecule has 2 heterocycles. The normalized spacial score (nSPS) is 10.8. The molecule has 0 saturated heterocycles. The van der Waals surface area contributed by atoms with Crippen LogP contribution < -0.4 is 5.32 Å². The second-order valence-electron chi connectivity index (χ2n) is 5.85. The molecule has 2 aromatic heterocycles. The van der Waals surface area contributed by atoms with Crippen LogP contribution in [-0.4, -0.2) is 15.0 Å². The average Bonchev–Trinajstić information content (AvgIpc) is 3.11. The summed E-state index contributed by atoms with van der Waals surface area (Å²) < 4.78 is 0. The lowest BCUT2D eigenvalue weighted by Crippen LogP contribution is -1.97. The van der Waals surface area contributed by atoms with Crippen LogP contribution in [0, 0.1) is 6.92 Å². The van der Waals surface area contributed by atoms with Gasteiger partial charge in [0.1, 0.15) is 21.8 Å². The highest BCUT2D eigenvalue weighted by atomic mass is 35.5. The molecule has 4 rings (SSSR count). The van der Waals surface area contributed by atoms with Gasteiger partial charge in [0.15, 0.2) is 0 Å². The highest BCUT2D eigenvalue weighted by Gasteiger charge is 2.10. The van der Waals surface area contributed by atoms with Gasteiger partial charge in [-0.25, -0.2) is 15.0 Å². The zero-order valence-electron chi connectivity index (χ0n) is 14.3. The number of anilines is 2. The van der Waals surface area contributed by atoms with Gasteiger partial charge in [-0.05, 0) is 25.1 Å². The lowest BCUT2D eigenvalue weighted by Gasteiger charge is -2.08. The lowest BCUT2D eigenvalue weighted by atomic mass is 10.1. The molecule has 0 fully saturated rings. The average molecular weight is 413 g/mol. The molecule has 4 aromatic rings. The van der Waals surface area contributed by atoms with Crippen molar-refractivity contribution in [3.63, 3.8) is 0 Å². The van der Waals surface area contributed by atoms with Gasteiger partial charge < -0.3 is 5.32 Å². The Kier molecular flexibility index (Phi) is 5.07. The highest BCUT2D eigenvalue weighted by Crippen LogP contribution is 2.33. The molecule has 0 bridgehead atoms. The van der Waals surface area contributed by atoms with Crippen molar-refractivity contribution in [2.45, 2.75) is 6.92 Å². The van der Waals surface area contributed by atoms with Crippen molar-refractivity contribution in [1.82, 2.24) is 15.0 Å². The maximum Gasteiger partial charge on any atom is 0.135 e. The minimum Gasteiger partial charge on any atom is -0.340 e. The summed E-state index contributed by atoms with van der Waals surface area (Å²) in [5, 5.41) is 7.30. The molecule has 1 N–H and O–H groups in total. The second kappa shape index (κ2) is 7.64. The van der Waals surface area contributed by atoms with Gasteiger partial charge in [-0.15, -0.1) is 11.3 Å². The van der Waals surface area contributed by atoms with Crippen molar-refractivity contribution in [2.24, 2.45) is 0 Å². The number of nitrogens with zero attached hydrogens (tertiary/aromatic N) is 3. The maximum absolute atomic E-state index is 6.29. The summed E-state index contributed by atoms with van der Waals surface area (Å²) in [7, 11) is 0. The third-order valence-corrected chi connectivity index (χ3v) is 5.24. The molecule has 4 nitrogen and oxygen atoms in total. The summed E-state index contributed by atoms with van der Waals surface area (Å²) in [6.45, 7) is 1.80. The molecule has 0 aliphatic carbocycles. The Labute approximate surface area is 170 Å². The van der Waals surface area contributed by atoms with E-state index in [-0.39, 0.29) is 0 Å². The molecule has 0 radical (unpaired) electrons. The van der Waals surface area contributed by atoms with E-state index in [1.54, 1.807) is 24.3 Å². The fraction of sp³-hybridized carbons (Fsp3) is 0.0500. The third-order valence-electron chi connectivity index (χ3n) is 3.85. The summed E-state index contributed by atoms with van der Waals surface area (Å²) in [6, 6.07) is 17.4. The fourth-order valence-corrected chi connectivity index (χ4v) is 4.04. The predicted molar refractivity (Wildman–Crippen MR) is 113 cm³/mol. The summed E-state index contributed by atoms with van der Waals surface area (Å²) in [5.74, 6) is 1.27. The molecule has 7 heteroatoms. The second-order valence-corrected chi connectivity index (χ2v) is 7.50. The predicted octanol–water partition coefficient (Wildman–Crippen LogP) is 6.63. The zero-order valence-corrected chi connectivity index (χ0v) is 16.6. The Bertz CT molecular complexity index is 1090. The van der Waals surface area contributed by atoms with Gasteiger partial charge in [-0.1, -0.05) is 53.5 Å². The molecule has 0 amide bonds. The van der Waals surface area contributed by atoms with Gasteiger partial charge in [0, 0.05) is 28.3 Å². The first-order valence-electron chi connectivity index (χ1n) is 8.17. The van der Waals surface area contributed by atoms with Crippen LogP contribution in [0.15, 0.2) is 60.0 Å².